The van der Waals surface area contributed by atoms with Crippen molar-refractivity contribution in [3.8, 4) is 28.9 Å². The van der Waals surface area contributed by atoms with E-state index in [0.29, 0.717) is 23.9 Å². The van der Waals surface area contributed by atoms with Crippen LogP contribution in [0.1, 0.15) is 36.6 Å². The zero-order valence-corrected chi connectivity index (χ0v) is 20.9. The van der Waals surface area contributed by atoms with Crippen molar-refractivity contribution in [2.75, 3.05) is 38.4 Å². The van der Waals surface area contributed by atoms with Crippen molar-refractivity contribution >= 4 is 5.95 Å². The van der Waals surface area contributed by atoms with Crippen LogP contribution in [0.3, 0.4) is 0 Å². The van der Waals surface area contributed by atoms with Gasteiger partial charge < -0.3 is 23.8 Å². The molecule has 0 saturated carbocycles. The third-order valence-corrected chi connectivity index (χ3v) is 7.27. The van der Waals surface area contributed by atoms with Crippen molar-refractivity contribution in [3.05, 3.63) is 59.3 Å². The summed E-state index contributed by atoms with van der Waals surface area (Å²) in [5.74, 6) is 5.10. The molecule has 3 aliphatic rings. The number of methoxy groups -OCH3 is 1. The highest BCUT2D eigenvalue weighted by Crippen LogP contribution is 2.37. The topological polar surface area (TPSA) is 69.2 Å². The smallest absolute Gasteiger partial charge is 0.231 e. The molecular formula is C28H32N4O4. The van der Waals surface area contributed by atoms with E-state index in [9.17, 15) is 0 Å². The first-order valence-electron chi connectivity index (χ1n) is 12.7. The zero-order chi connectivity index (χ0) is 24.5. The highest BCUT2D eigenvalue weighted by Gasteiger charge is 2.27. The lowest BCUT2D eigenvalue weighted by Gasteiger charge is -2.33. The van der Waals surface area contributed by atoms with Crippen LogP contribution >= 0.6 is 0 Å². The molecule has 6 rings (SSSR count). The van der Waals surface area contributed by atoms with E-state index in [0.717, 1.165) is 80.1 Å². The minimum absolute atomic E-state index is 0.287. The molecule has 0 atom stereocenters. The first-order chi connectivity index (χ1) is 17.7. The Hall–Kier alpha value is -3.52. The lowest BCUT2D eigenvalue weighted by molar-refractivity contribution is 0.174. The number of aromatic nitrogens is 2. The SMILES string of the molecule is COc1ccccc1Oc1nc(N2CCC(C)CC2)nc2c1CN(Cc1ccc3c(c1)OCO3)CC2. The van der Waals surface area contributed by atoms with Crippen molar-refractivity contribution in [3.63, 3.8) is 0 Å². The van der Waals surface area contributed by atoms with Crippen molar-refractivity contribution in [2.24, 2.45) is 5.92 Å². The summed E-state index contributed by atoms with van der Waals surface area (Å²) in [6.07, 6.45) is 3.17. The van der Waals surface area contributed by atoms with Gasteiger partial charge in [0.25, 0.3) is 0 Å². The second-order valence-corrected chi connectivity index (χ2v) is 9.82. The Balaban J connectivity index is 1.30. The second-order valence-electron chi connectivity index (χ2n) is 9.82. The first-order valence-corrected chi connectivity index (χ1v) is 12.7. The van der Waals surface area contributed by atoms with Gasteiger partial charge in [0.15, 0.2) is 23.0 Å². The van der Waals surface area contributed by atoms with Crippen molar-refractivity contribution in [2.45, 2.75) is 39.3 Å². The number of hydrogen-bond donors (Lipinski definition) is 0. The van der Waals surface area contributed by atoms with E-state index >= 15 is 0 Å². The van der Waals surface area contributed by atoms with Crippen molar-refractivity contribution < 1.29 is 18.9 Å². The van der Waals surface area contributed by atoms with Gasteiger partial charge in [-0.15, -0.1) is 0 Å². The minimum atomic E-state index is 0.287. The molecule has 1 fully saturated rings. The van der Waals surface area contributed by atoms with E-state index in [1.807, 2.05) is 30.3 Å². The summed E-state index contributed by atoms with van der Waals surface area (Å²) in [5, 5.41) is 0. The summed E-state index contributed by atoms with van der Waals surface area (Å²) in [5.41, 5.74) is 3.31. The summed E-state index contributed by atoms with van der Waals surface area (Å²) >= 11 is 0. The number of piperidine rings is 1. The molecule has 2 aromatic carbocycles. The molecule has 0 spiro atoms. The van der Waals surface area contributed by atoms with Gasteiger partial charge >= 0.3 is 0 Å². The lowest BCUT2D eigenvalue weighted by atomic mass is 9.99. The number of fused-ring (bicyclic) bond motifs is 2. The summed E-state index contributed by atoms with van der Waals surface area (Å²) in [6.45, 7) is 6.99. The molecule has 1 saturated heterocycles. The molecule has 188 valence electrons. The molecule has 8 heteroatoms. The van der Waals surface area contributed by atoms with Gasteiger partial charge in [-0.1, -0.05) is 25.1 Å². The molecule has 0 amide bonds. The van der Waals surface area contributed by atoms with Gasteiger partial charge in [-0.2, -0.15) is 4.98 Å². The Bertz CT molecular complexity index is 1240. The first kappa shape index (κ1) is 22.9. The fourth-order valence-corrected chi connectivity index (χ4v) is 5.10. The number of benzene rings is 2. The van der Waals surface area contributed by atoms with Gasteiger partial charge in [0.2, 0.25) is 18.6 Å². The summed E-state index contributed by atoms with van der Waals surface area (Å²) in [6, 6.07) is 13.9. The number of ether oxygens (including phenoxy) is 4. The monoisotopic (exact) mass is 488 g/mol. The largest absolute Gasteiger partial charge is 0.493 e. The molecule has 3 aliphatic heterocycles. The van der Waals surface area contributed by atoms with Crippen LogP contribution in [0.15, 0.2) is 42.5 Å². The molecule has 0 N–H and O–H groups in total. The van der Waals surface area contributed by atoms with E-state index in [1.54, 1.807) is 7.11 Å². The number of nitrogens with zero attached hydrogens (tertiary/aromatic N) is 4. The maximum atomic E-state index is 6.44. The molecule has 0 radical (unpaired) electrons. The molecule has 8 nitrogen and oxygen atoms in total. The normalized spacial score (nSPS) is 17.7. The Morgan fingerprint density at radius 2 is 1.78 bits per heavy atom. The lowest BCUT2D eigenvalue weighted by Crippen LogP contribution is -2.36. The van der Waals surface area contributed by atoms with E-state index < -0.39 is 0 Å². The maximum Gasteiger partial charge on any atom is 0.231 e. The summed E-state index contributed by atoms with van der Waals surface area (Å²) < 4.78 is 23.0. The van der Waals surface area contributed by atoms with Crippen LogP contribution in [0, 0.1) is 5.92 Å². The fourth-order valence-electron chi connectivity index (χ4n) is 5.10. The minimum Gasteiger partial charge on any atom is -0.493 e. The van der Waals surface area contributed by atoms with Gasteiger partial charge in [0.05, 0.1) is 18.4 Å². The third kappa shape index (κ3) is 4.65. The van der Waals surface area contributed by atoms with Gasteiger partial charge in [-0.05, 0) is 48.6 Å². The molecule has 4 heterocycles. The number of anilines is 1. The maximum absolute atomic E-state index is 6.44. The van der Waals surface area contributed by atoms with Crippen LogP contribution in [0.4, 0.5) is 5.95 Å². The average molecular weight is 489 g/mol. The van der Waals surface area contributed by atoms with Crippen molar-refractivity contribution in [1.82, 2.24) is 14.9 Å². The molecule has 1 aromatic heterocycles. The van der Waals surface area contributed by atoms with E-state index in [2.05, 4.69) is 28.9 Å². The highest BCUT2D eigenvalue weighted by atomic mass is 16.7. The Labute approximate surface area is 211 Å². The Kier molecular flexibility index (Phi) is 6.27. The Morgan fingerprint density at radius 1 is 0.972 bits per heavy atom. The Morgan fingerprint density at radius 3 is 2.61 bits per heavy atom. The fraction of sp³-hybridized carbons (Fsp3) is 0.429. The standard InChI is InChI=1S/C28H32N4O4/c1-19-9-13-32(14-10-19)28-29-22-11-12-31(16-20-7-8-24-26(15-20)35-18-34-24)17-21(22)27(30-28)36-25-6-4-3-5-23(25)33-2/h3-8,15,19H,9-14,16-18H2,1-2H3. The van der Waals surface area contributed by atoms with Crippen molar-refractivity contribution in [1.29, 1.82) is 0 Å². The van der Waals surface area contributed by atoms with E-state index in [-0.39, 0.29) is 6.79 Å². The summed E-state index contributed by atoms with van der Waals surface area (Å²) in [4.78, 5) is 14.7. The predicted molar refractivity (Wildman–Crippen MR) is 136 cm³/mol. The van der Waals surface area contributed by atoms with Crippen LogP contribution < -0.4 is 23.8 Å². The van der Waals surface area contributed by atoms with Crippen LogP contribution in [0.25, 0.3) is 0 Å². The van der Waals surface area contributed by atoms with E-state index in [4.69, 9.17) is 28.9 Å². The molecule has 0 unspecified atom stereocenters. The summed E-state index contributed by atoms with van der Waals surface area (Å²) in [7, 11) is 1.66. The van der Waals surface area contributed by atoms with Crippen LogP contribution in [-0.4, -0.2) is 48.4 Å². The third-order valence-electron chi connectivity index (χ3n) is 7.27. The van der Waals surface area contributed by atoms with Gasteiger partial charge in [0, 0.05) is 39.1 Å². The van der Waals surface area contributed by atoms with Gasteiger partial charge in [-0.25, -0.2) is 4.98 Å². The molecular weight excluding hydrogens is 456 g/mol. The highest BCUT2D eigenvalue weighted by molar-refractivity contribution is 5.47. The van der Waals surface area contributed by atoms with Crippen LogP contribution in [0.5, 0.6) is 28.9 Å². The quantitative estimate of drug-likeness (QED) is 0.490. The van der Waals surface area contributed by atoms with Crippen LogP contribution in [0.2, 0.25) is 0 Å². The van der Waals surface area contributed by atoms with E-state index in [1.165, 1.54) is 5.56 Å². The molecule has 0 aliphatic carbocycles. The zero-order valence-electron chi connectivity index (χ0n) is 20.9. The van der Waals surface area contributed by atoms with Gasteiger partial charge in [0.1, 0.15) is 0 Å². The number of para-hydroxylation sites is 2. The number of hydrogen-bond acceptors (Lipinski definition) is 8. The molecule has 36 heavy (non-hydrogen) atoms. The molecule has 3 aromatic rings. The second kappa shape index (κ2) is 9.85. The van der Waals surface area contributed by atoms with Gasteiger partial charge in [-0.3, -0.25) is 4.90 Å². The number of rotatable bonds is 6. The van der Waals surface area contributed by atoms with Crippen LogP contribution in [-0.2, 0) is 19.5 Å². The molecule has 0 bridgehead atoms. The average Bonchev–Trinajstić information content (AvgIpc) is 3.37. The predicted octanol–water partition coefficient (Wildman–Crippen LogP) is 4.80.